The van der Waals surface area contributed by atoms with E-state index in [-0.39, 0.29) is 17.5 Å². The van der Waals surface area contributed by atoms with Gasteiger partial charge in [0.1, 0.15) is 11.6 Å². The van der Waals surface area contributed by atoms with Crippen molar-refractivity contribution in [2.45, 2.75) is 12.3 Å². The molecular formula is C16H12BrF2NO. The Kier molecular flexibility index (Phi) is 4.92. The van der Waals surface area contributed by atoms with E-state index >= 15 is 0 Å². The quantitative estimate of drug-likeness (QED) is 0.775. The number of hydrogen-bond donors (Lipinski definition) is 0. The number of pyridine rings is 1. The van der Waals surface area contributed by atoms with Crippen molar-refractivity contribution < 1.29 is 8.78 Å². The number of rotatable bonds is 3. The Balaban J connectivity index is 2.62. The van der Waals surface area contributed by atoms with Crippen LogP contribution in [0.4, 0.5) is 8.78 Å². The molecule has 21 heavy (non-hydrogen) atoms. The Morgan fingerprint density at radius 2 is 2.05 bits per heavy atom. The van der Waals surface area contributed by atoms with Crippen molar-refractivity contribution in [3.05, 3.63) is 69.6 Å². The van der Waals surface area contributed by atoms with Gasteiger partial charge in [0, 0.05) is 47.1 Å². The van der Waals surface area contributed by atoms with Crippen LogP contribution in [0, 0.1) is 22.4 Å². The molecule has 0 saturated carbocycles. The molecule has 0 amide bonds. The second-order valence-corrected chi connectivity index (χ2v) is 4.97. The topological polar surface area (TPSA) is 22.0 Å². The Morgan fingerprint density at radius 1 is 1.29 bits per heavy atom. The fourth-order valence-electron chi connectivity index (χ4n) is 2.19. The van der Waals surface area contributed by atoms with Crippen LogP contribution in [0.2, 0.25) is 0 Å². The van der Waals surface area contributed by atoms with Crippen molar-refractivity contribution in [1.29, 1.82) is 0 Å². The van der Waals surface area contributed by atoms with Gasteiger partial charge in [-0.15, -0.1) is 0 Å². The Morgan fingerprint density at radius 3 is 2.76 bits per heavy atom. The average Bonchev–Trinajstić information content (AvgIpc) is 2.47. The minimum atomic E-state index is -0.620. The lowest BCUT2D eigenvalue weighted by Crippen LogP contribution is -2.23. The molecule has 0 spiro atoms. The maximum Gasteiger partial charge on any atom is 0.254 e. The van der Waals surface area contributed by atoms with Crippen LogP contribution in [-0.4, -0.2) is 4.57 Å². The van der Waals surface area contributed by atoms with Gasteiger partial charge < -0.3 is 4.57 Å². The number of aromatic nitrogens is 1. The summed E-state index contributed by atoms with van der Waals surface area (Å²) in [7, 11) is 1.61. The van der Waals surface area contributed by atoms with Gasteiger partial charge in [-0.3, -0.25) is 4.79 Å². The van der Waals surface area contributed by atoms with Crippen molar-refractivity contribution in [3.8, 4) is 10.8 Å². The van der Waals surface area contributed by atoms with Crippen LogP contribution in [0.3, 0.4) is 0 Å². The maximum absolute atomic E-state index is 14.0. The summed E-state index contributed by atoms with van der Waals surface area (Å²) >= 11 is 2.98. The number of nitrogens with zero attached hydrogens (tertiary/aromatic N) is 1. The first-order valence-electron chi connectivity index (χ1n) is 6.23. The summed E-state index contributed by atoms with van der Waals surface area (Å²) in [6.45, 7) is 0. The summed E-state index contributed by atoms with van der Waals surface area (Å²) in [5, 5.41) is 0. The van der Waals surface area contributed by atoms with Gasteiger partial charge in [-0.25, -0.2) is 8.78 Å². The molecule has 0 N–H and O–H groups in total. The zero-order valence-corrected chi connectivity index (χ0v) is 12.8. The third kappa shape index (κ3) is 3.40. The third-order valence-electron chi connectivity index (χ3n) is 3.23. The van der Waals surface area contributed by atoms with Crippen LogP contribution < -0.4 is 5.56 Å². The highest BCUT2D eigenvalue weighted by molar-refractivity contribution is 9.12. The van der Waals surface area contributed by atoms with Gasteiger partial charge in [0.15, 0.2) is 0 Å². The highest BCUT2D eigenvalue weighted by Gasteiger charge is 2.21. The number of aryl methyl sites for hydroxylation is 1. The largest absolute Gasteiger partial charge is 0.318 e. The number of halogens is 3. The predicted molar refractivity (Wildman–Crippen MR) is 81.2 cm³/mol. The lowest BCUT2D eigenvalue weighted by atomic mass is 9.89. The van der Waals surface area contributed by atoms with E-state index in [4.69, 9.17) is 0 Å². The van der Waals surface area contributed by atoms with E-state index in [0.717, 1.165) is 18.2 Å². The number of hydrogen-bond acceptors (Lipinski definition) is 1. The van der Waals surface area contributed by atoms with Crippen LogP contribution in [0.15, 0.2) is 41.3 Å². The van der Waals surface area contributed by atoms with Crippen molar-refractivity contribution >= 4 is 15.9 Å². The summed E-state index contributed by atoms with van der Waals surface area (Å²) in [5.41, 5.74) is 0.274. The standard InChI is InChI=1S/C16H12BrF2NO/c1-20-9-3-5-13(16(20)21)12(4-2-8-17)14-10-11(18)6-7-15(14)19/h3,5-7,9-10,12H,4H2,1H3. The van der Waals surface area contributed by atoms with Gasteiger partial charge in [-0.2, -0.15) is 0 Å². The van der Waals surface area contributed by atoms with Crippen molar-refractivity contribution in [2.75, 3.05) is 0 Å². The summed E-state index contributed by atoms with van der Waals surface area (Å²) in [6, 6.07) is 6.54. The summed E-state index contributed by atoms with van der Waals surface area (Å²) in [6.07, 6.45) is 1.83. The van der Waals surface area contributed by atoms with Crippen LogP contribution in [0.1, 0.15) is 23.5 Å². The monoisotopic (exact) mass is 351 g/mol. The van der Waals surface area contributed by atoms with Crippen molar-refractivity contribution in [2.24, 2.45) is 7.05 Å². The average molecular weight is 352 g/mol. The second kappa shape index (κ2) is 6.68. The fraction of sp³-hybridized carbons (Fsp3) is 0.188. The highest BCUT2D eigenvalue weighted by Crippen LogP contribution is 2.28. The van der Waals surface area contributed by atoms with Gasteiger partial charge >= 0.3 is 0 Å². The van der Waals surface area contributed by atoms with E-state index in [1.165, 1.54) is 4.57 Å². The Labute approximate surface area is 129 Å². The first-order valence-corrected chi connectivity index (χ1v) is 7.03. The molecule has 1 heterocycles. The zero-order chi connectivity index (χ0) is 15.4. The number of benzene rings is 1. The van der Waals surface area contributed by atoms with Gasteiger partial charge in [0.25, 0.3) is 5.56 Å². The molecule has 5 heteroatoms. The lowest BCUT2D eigenvalue weighted by Gasteiger charge is -2.16. The van der Waals surface area contributed by atoms with Crippen LogP contribution in [0.25, 0.3) is 0 Å². The minimum Gasteiger partial charge on any atom is -0.318 e. The Hall–Kier alpha value is -1.93. The molecule has 0 aliphatic heterocycles. The molecular weight excluding hydrogens is 340 g/mol. The SMILES string of the molecule is Cn1cccc(C(CC#CBr)c2cc(F)ccc2F)c1=O. The molecule has 2 aromatic rings. The minimum absolute atomic E-state index is 0.133. The molecule has 108 valence electrons. The van der Waals surface area contributed by atoms with Crippen LogP contribution in [-0.2, 0) is 7.05 Å². The molecule has 1 unspecified atom stereocenters. The maximum atomic E-state index is 14.0. The lowest BCUT2D eigenvalue weighted by molar-refractivity contribution is 0.574. The molecule has 0 aliphatic rings. The van der Waals surface area contributed by atoms with Crippen molar-refractivity contribution in [3.63, 3.8) is 0 Å². The highest BCUT2D eigenvalue weighted by atomic mass is 79.9. The smallest absolute Gasteiger partial charge is 0.254 e. The van der Waals surface area contributed by atoms with Crippen LogP contribution in [0.5, 0.6) is 0 Å². The third-order valence-corrected chi connectivity index (χ3v) is 3.51. The molecule has 1 atom stereocenters. The fourth-order valence-corrected chi connectivity index (χ4v) is 2.36. The van der Waals surface area contributed by atoms with Crippen LogP contribution >= 0.6 is 15.9 Å². The van der Waals surface area contributed by atoms with E-state index < -0.39 is 17.6 Å². The predicted octanol–water partition coefficient (Wildman–Crippen LogP) is 3.54. The zero-order valence-electron chi connectivity index (χ0n) is 11.2. The molecule has 0 saturated heterocycles. The second-order valence-electron chi connectivity index (χ2n) is 4.57. The first-order chi connectivity index (χ1) is 10.0. The van der Waals surface area contributed by atoms with Gasteiger partial charge in [0.05, 0.1) is 0 Å². The first kappa shape index (κ1) is 15.5. The molecule has 0 aliphatic carbocycles. The normalized spacial score (nSPS) is 11.6. The molecule has 1 aromatic carbocycles. The van der Waals surface area contributed by atoms with E-state index in [1.807, 2.05) is 0 Å². The molecule has 0 bridgehead atoms. The molecule has 1 aromatic heterocycles. The van der Waals surface area contributed by atoms with Crippen molar-refractivity contribution in [1.82, 2.24) is 4.57 Å². The molecule has 2 nitrogen and oxygen atoms in total. The van der Waals surface area contributed by atoms with E-state index in [1.54, 1.807) is 25.4 Å². The van der Waals surface area contributed by atoms with Gasteiger partial charge in [-0.1, -0.05) is 12.0 Å². The van der Waals surface area contributed by atoms with Gasteiger partial charge in [0.2, 0.25) is 0 Å². The van der Waals surface area contributed by atoms with E-state index in [2.05, 4.69) is 26.7 Å². The van der Waals surface area contributed by atoms with Gasteiger partial charge in [-0.05, 0) is 34.7 Å². The summed E-state index contributed by atoms with van der Waals surface area (Å²) in [4.78, 5) is 14.8. The molecule has 0 fully saturated rings. The Bertz CT molecular complexity index is 774. The van der Waals surface area contributed by atoms with E-state index in [9.17, 15) is 13.6 Å². The summed E-state index contributed by atoms with van der Waals surface area (Å²) < 4.78 is 28.9. The molecule has 2 rings (SSSR count). The summed E-state index contributed by atoms with van der Waals surface area (Å²) in [5.74, 6) is 1.05. The molecule has 0 radical (unpaired) electrons. The van der Waals surface area contributed by atoms with E-state index in [0.29, 0.717) is 5.56 Å².